The number of hydrogen-bond donors (Lipinski definition) is 0. The SMILES string of the molecule is COc1ccc(-c2nc(=S)c3c(n2C2CCCCC2)CCCC3)cc1. The molecule has 1 heterocycles. The first-order valence-corrected chi connectivity index (χ1v) is 9.97. The third-order valence-corrected chi connectivity index (χ3v) is 6.05. The summed E-state index contributed by atoms with van der Waals surface area (Å²) in [7, 11) is 1.70. The summed E-state index contributed by atoms with van der Waals surface area (Å²) in [5.74, 6) is 1.93. The van der Waals surface area contributed by atoms with Gasteiger partial charge < -0.3 is 9.30 Å². The van der Waals surface area contributed by atoms with Gasteiger partial charge in [0.15, 0.2) is 0 Å². The Labute approximate surface area is 155 Å². The normalized spacial score (nSPS) is 18.0. The van der Waals surface area contributed by atoms with Crippen molar-refractivity contribution < 1.29 is 4.74 Å². The van der Waals surface area contributed by atoms with Gasteiger partial charge in [-0.3, -0.25) is 0 Å². The van der Waals surface area contributed by atoms with Crippen molar-refractivity contribution >= 4 is 12.2 Å². The minimum absolute atomic E-state index is 0.570. The largest absolute Gasteiger partial charge is 0.497 e. The van der Waals surface area contributed by atoms with Crippen LogP contribution in [-0.2, 0) is 12.8 Å². The molecule has 0 bridgehead atoms. The maximum atomic E-state index is 5.69. The highest BCUT2D eigenvalue weighted by atomic mass is 32.1. The van der Waals surface area contributed by atoms with Crippen molar-refractivity contribution in [2.24, 2.45) is 0 Å². The zero-order chi connectivity index (χ0) is 17.2. The van der Waals surface area contributed by atoms with Gasteiger partial charge >= 0.3 is 0 Å². The average Bonchev–Trinajstić information content (AvgIpc) is 2.69. The summed E-state index contributed by atoms with van der Waals surface area (Å²) < 4.78 is 8.69. The van der Waals surface area contributed by atoms with E-state index in [1.165, 1.54) is 56.2 Å². The molecule has 0 amide bonds. The highest BCUT2D eigenvalue weighted by Crippen LogP contribution is 2.36. The Morgan fingerprint density at radius 2 is 1.72 bits per heavy atom. The van der Waals surface area contributed by atoms with Crippen LogP contribution in [0, 0.1) is 4.64 Å². The molecule has 0 atom stereocenters. The fraction of sp³-hybridized carbons (Fsp3) is 0.524. The molecule has 0 unspecified atom stereocenters. The molecule has 3 nitrogen and oxygen atoms in total. The standard InChI is InChI=1S/C21H26N2OS/c1-24-17-13-11-15(12-14-17)20-22-21(25)18-9-5-6-10-19(18)23(20)16-7-3-2-4-8-16/h11-14,16H,2-10H2,1H3. The second-order valence-corrected chi connectivity index (χ2v) is 7.65. The summed E-state index contributed by atoms with van der Waals surface area (Å²) >= 11 is 5.69. The molecule has 1 saturated carbocycles. The van der Waals surface area contributed by atoms with Crippen LogP contribution >= 0.6 is 12.2 Å². The molecule has 2 aliphatic rings. The summed E-state index contributed by atoms with van der Waals surface area (Å²) in [5, 5.41) is 0. The van der Waals surface area contributed by atoms with Crippen molar-refractivity contribution in [1.29, 1.82) is 0 Å². The van der Waals surface area contributed by atoms with Crippen LogP contribution in [0.1, 0.15) is 62.2 Å². The Bertz CT molecular complexity index is 804. The molecule has 0 spiro atoms. The van der Waals surface area contributed by atoms with E-state index in [0.29, 0.717) is 6.04 Å². The first-order chi connectivity index (χ1) is 12.3. The monoisotopic (exact) mass is 354 g/mol. The molecule has 132 valence electrons. The fourth-order valence-corrected chi connectivity index (χ4v) is 4.71. The lowest BCUT2D eigenvalue weighted by atomic mass is 9.91. The van der Waals surface area contributed by atoms with Crippen molar-refractivity contribution in [1.82, 2.24) is 9.55 Å². The van der Waals surface area contributed by atoms with E-state index >= 15 is 0 Å². The first kappa shape index (κ1) is 16.8. The van der Waals surface area contributed by atoms with Gasteiger partial charge in [-0.25, -0.2) is 4.98 Å². The van der Waals surface area contributed by atoms with Gasteiger partial charge in [0.05, 0.1) is 7.11 Å². The van der Waals surface area contributed by atoms with E-state index in [0.717, 1.165) is 34.6 Å². The Morgan fingerprint density at radius 3 is 2.44 bits per heavy atom. The molecular weight excluding hydrogens is 328 g/mol. The van der Waals surface area contributed by atoms with Crippen LogP contribution < -0.4 is 4.74 Å². The maximum Gasteiger partial charge on any atom is 0.142 e. The zero-order valence-corrected chi connectivity index (χ0v) is 15.8. The topological polar surface area (TPSA) is 27.1 Å². The lowest BCUT2D eigenvalue weighted by Gasteiger charge is -2.32. The van der Waals surface area contributed by atoms with E-state index in [-0.39, 0.29) is 0 Å². The van der Waals surface area contributed by atoms with Crippen molar-refractivity contribution in [3.63, 3.8) is 0 Å². The predicted octanol–water partition coefficient (Wildman–Crippen LogP) is 5.67. The van der Waals surface area contributed by atoms with E-state index in [1.807, 2.05) is 12.1 Å². The quantitative estimate of drug-likeness (QED) is 0.664. The number of benzene rings is 1. The summed E-state index contributed by atoms with van der Waals surface area (Å²) in [4.78, 5) is 4.92. The minimum Gasteiger partial charge on any atom is -0.497 e. The lowest BCUT2D eigenvalue weighted by Crippen LogP contribution is -2.23. The van der Waals surface area contributed by atoms with Crippen LogP contribution in [0.3, 0.4) is 0 Å². The Hall–Kier alpha value is -1.68. The van der Waals surface area contributed by atoms with Gasteiger partial charge in [-0.1, -0.05) is 31.5 Å². The van der Waals surface area contributed by atoms with Gasteiger partial charge in [0.1, 0.15) is 16.2 Å². The molecule has 25 heavy (non-hydrogen) atoms. The molecule has 4 heteroatoms. The van der Waals surface area contributed by atoms with Crippen LogP contribution in [0.25, 0.3) is 11.4 Å². The Balaban J connectivity index is 1.89. The van der Waals surface area contributed by atoms with E-state index in [9.17, 15) is 0 Å². The zero-order valence-electron chi connectivity index (χ0n) is 15.0. The van der Waals surface area contributed by atoms with Gasteiger partial charge in [0.2, 0.25) is 0 Å². The van der Waals surface area contributed by atoms with Gasteiger partial charge in [0.25, 0.3) is 0 Å². The van der Waals surface area contributed by atoms with Gasteiger partial charge in [-0.15, -0.1) is 0 Å². The third kappa shape index (κ3) is 3.24. The van der Waals surface area contributed by atoms with Crippen LogP contribution in [-0.4, -0.2) is 16.7 Å². The van der Waals surface area contributed by atoms with E-state index in [1.54, 1.807) is 7.11 Å². The van der Waals surface area contributed by atoms with Gasteiger partial charge in [0, 0.05) is 22.9 Å². The third-order valence-electron chi connectivity index (χ3n) is 5.71. The van der Waals surface area contributed by atoms with E-state index < -0.39 is 0 Å². The number of hydrogen-bond acceptors (Lipinski definition) is 3. The molecule has 1 aromatic carbocycles. The number of aromatic nitrogens is 2. The lowest BCUT2D eigenvalue weighted by molar-refractivity contribution is 0.341. The first-order valence-electron chi connectivity index (χ1n) is 9.56. The maximum absolute atomic E-state index is 5.69. The molecule has 2 aliphatic carbocycles. The van der Waals surface area contributed by atoms with Crippen LogP contribution in [0.5, 0.6) is 5.75 Å². The van der Waals surface area contributed by atoms with Crippen LogP contribution in [0.15, 0.2) is 24.3 Å². The molecule has 1 fully saturated rings. The predicted molar refractivity (Wildman–Crippen MR) is 104 cm³/mol. The summed E-state index contributed by atoms with van der Waals surface area (Å²) in [5.41, 5.74) is 3.94. The van der Waals surface area contributed by atoms with Crippen molar-refractivity contribution in [2.75, 3.05) is 7.11 Å². The van der Waals surface area contributed by atoms with E-state index in [2.05, 4.69) is 16.7 Å². The molecule has 1 aromatic heterocycles. The second-order valence-electron chi connectivity index (χ2n) is 7.26. The molecule has 0 aliphatic heterocycles. The van der Waals surface area contributed by atoms with Crippen molar-refractivity contribution in [2.45, 2.75) is 63.8 Å². The number of ether oxygens (including phenoxy) is 1. The van der Waals surface area contributed by atoms with Crippen LogP contribution in [0.4, 0.5) is 0 Å². The highest BCUT2D eigenvalue weighted by molar-refractivity contribution is 7.71. The molecule has 0 saturated heterocycles. The molecule has 0 N–H and O–H groups in total. The molecular formula is C21H26N2OS. The number of rotatable bonds is 3. The summed E-state index contributed by atoms with van der Waals surface area (Å²) in [6.07, 6.45) is 11.3. The molecule has 0 radical (unpaired) electrons. The molecule has 4 rings (SSSR count). The summed E-state index contributed by atoms with van der Waals surface area (Å²) in [6.45, 7) is 0. The number of methoxy groups -OCH3 is 1. The summed E-state index contributed by atoms with van der Waals surface area (Å²) in [6, 6.07) is 8.84. The van der Waals surface area contributed by atoms with Gasteiger partial charge in [-0.05, 0) is 62.8 Å². The number of nitrogens with zero attached hydrogens (tertiary/aromatic N) is 2. The average molecular weight is 355 g/mol. The van der Waals surface area contributed by atoms with Crippen molar-refractivity contribution in [3.05, 3.63) is 40.2 Å². The highest BCUT2D eigenvalue weighted by Gasteiger charge is 2.25. The van der Waals surface area contributed by atoms with Crippen molar-refractivity contribution in [3.8, 4) is 17.1 Å². The minimum atomic E-state index is 0.570. The fourth-order valence-electron chi connectivity index (χ4n) is 4.41. The molecule has 2 aromatic rings. The second kappa shape index (κ2) is 7.28. The Kier molecular flexibility index (Phi) is 4.89. The van der Waals surface area contributed by atoms with Gasteiger partial charge in [-0.2, -0.15) is 0 Å². The van der Waals surface area contributed by atoms with Crippen LogP contribution in [0.2, 0.25) is 0 Å². The Morgan fingerprint density at radius 1 is 1.00 bits per heavy atom. The number of fused-ring (bicyclic) bond motifs is 1. The van der Waals surface area contributed by atoms with E-state index in [4.69, 9.17) is 21.9 Å². The smallest absolute Gasteiger partial charge is 0.142 e.